The summed E-state index contributed by atoms with van der Waals surface area (Å²) in [6.45, 7) is 4.04. The summed E-state index contributed by atoms with van der Waals surface area (Å²) >= 11 is 0. The van der Waals surface area contributed by atoms with Gasteiger partial charge < -0.3 is 19.6 Å². The minimum atomic E-state index is 0. The van der Waals surface area contributed by atoms with Gasteiger partial charge in [-0.1, -0.05) is 0 Å². The van der Waals surface area contributed by atoms with E-state index in [0.29, 0.717) is 0 Å². The third-order valence-electron chi connectivity index (χ3n) is 2.86. The molecule has 2 aliphatic heterocycles. The molecule has 0 spiro atoms. The molecule has 4 nitrogen and oxygen atoms in total. The average Bonchev–Trinajstić information content (AvgIpc) is 2.98. The Balaban J connectivity index is 0.00000133. The minimum Gasteiger partial charge on any atom is -0.510 e. The number of anilines is 2. The van der Waals surface area contributed by atoms with E-state index in [-0.39, 0.29) is 19.5 Å². The van der Waals surface area contributed by atoms with Gasteiger partial charge in [-0.3, -0.25) is 0 Å². The van der Waals surface area contributed by atoms with Crippen molar-refractivity contribution in [3.8, 4) is 0 Å². The third-order valence-corrected chi connectivity index (χ3v) is 2.86. The van der Waals surface area contributed by atoms with E-state index in [4.69, 9.17) is 0 Å². The van der Waals surface area contributed by atoms with E-state index in [9.17, 15) is 0 Å². The van der Waals surface area contributed by atoms with Crippen molar-refractivity contribution < 1.29 is 19.5 Å². The molecule has 0 aliphatic carbocycles. The van der Waals surface area contributed by atoms with E-state index < -0.39 is 0 Å². The van der Waals surface area contributed by atoms with Crippen LogP contribution >= 0.6 is 0 Å². The molecule has 0 saturated heterocycles. The van der Waals surface area contributed by atoms with Crippen LogP contribution in [0.3, 0.4) is 0 Å². The Kier molecular flexibility index (Phi) is 4.15. The molecule has 2 aliphatic rings. The van der Waals surface area contributed by atoms with Crippen LogP contribution in [-0.4, -0.2) is 23.9 Å². The van der Waals surface area contributed by atoms with E-state index in [1.54, 1.807) is 0 Å². The molecule has 1 aromatic rings. The molecule has 0 unspecified atom stereocenters. The molecule has 0 fully saturated rings. The fourth-order valence-electron chi connectivity index (χ4n) is 1.93. The van der Waals surface area contributed by atoms with Crippen molar-refractivity contribution in [1.82, 2.24) is 9.80 Å². The first-order chi connectivity index (χ1) is 8.72. The zero-order valence-corrected chi connectivity index (χ0v) is 12.5. The number of hydrogen-bond donors (Lipinski definition) is 0. The predicted molar refractivity (Wildman–Crippen MR) is 72.6 cm³/mol. The van der Waals surface area contributed by atoms with E-state index >= 15 is 0 Å². The fourth-order valence-corrected chi connectivity index (χ4v) is 1.93. The first-order valence-corrected chi connectivity index (χ1v) is 5.82. The Morgan fingerprint density at radius 2 is 1.32 bits per heavy atom. The monoisotopic (exact) mass is 342 g/mol. The van der Waals surface area contributed by atoms with E-state index in [2.05, 4.69) is 6.07 Å². The van der Waals surface area contributed by atoms with Gasteiger partial charge in [-0.25, -0.2) is 0 Å². The molecular formula is C14H15N4Rh. The summed E-state index contributed by atoms with van der Waals surface area (Å²) in [6.07, 6.45) is 8.06. The molecular weight excluding hydrogens is 327 g/mol. The SMILES string of the molecule is CN1C=CN(c2[c-]c(N3C=CN(C)[CH-]3)ccc2)[CH-]1.[Rh+3]. The molecule has 0 aromatic heterocycles. The van der Waals surface area contributed by atoms with Crippen molar-refractivity contribution in [3.63, 3.8) is 0 Å². The van der Waals surface area contributed by atoms with Crippen molar-refractivity contribution >= 4 is 11.4 Å². The van der Waals surface area contributed by atoms with Crippen molar-refractivity contribution in [2.45, 2.75) is 0 Å². The first kappa shape index (κ1) is 13.9. The van der Waals surface area contributed by atoms with Crippen molar-refractivity contribution in [2.24, 2.45) is 0 Å². The summed E-state index contributed by atoms with van der Waals surface area (Å²) in [5.41, 5.74) is 2.06. The maximum Gasteiger partial charge on any atom is 3.00 e. The van der Waals surface area contributed by atoms with Crippen LogP contribution in [0.5, 0.6) is 0 Å². The largest absolute Gasteiger partial charge is 3.00 e. The van der Waals surface area contributed by atoms with Crippen LogP contribution in [0.25, 0.3) is 0 Å². The molecule has 0 bridgehead atoms. The van der Waals surface area contributed by atoms with E-state index in [1.165, 1.54) is 0 Å². The van der Waals surface area contributed by atoms with Crippen LogP contribution in [-0.2, 0) is 19.5 Å². The van der Waals surface area contributed by atoms with Gasteiger partial charge >= 0.3 is 19.5 Å². The smallest absolute Gasteiger partial charge is 0.510 e. The minimum absolute atomic E-state index is 0. The quantitative estimate of drug-likeness (QED) is 0.603. The Morgan fingerprint density at radius 3 is 1.68 bits per heavy atom. The molecule has 1 aromatic carbocycles. The molecule has 5 heteroatoms. The van der Waals surface area contributed by atoms with Gasteiger partial charge in [-0.05, 0) is 38.9 Å². The van der Waals surface area contributed by atoms with Gasteiger partial charge in [-0.2, -0.15) is 19.4 Å². The molecule has 19 heavy (non-hydrogen) atoms. The zero-order chi connectivity index (χ0) is 12.5. The third kappa shape index (κ3) is 2.92. The van der Waals surface area contributed by atoms with Gasteiger partial charge in [0.2, 0.25) is 0 Å². The molecule has 3 rings (SSSR count). The van der Waals surface area contributed by atoms with Crippen LogP contribution in [0, 0.1) is 19.4 Å². The normalized spacial score (nSPS) is 17.4. The maximum absolute atomic E-state index is 3.40. The van der Waals surface area contributed by atoms with Gasteiger partial charge in [0, 0.05) is 0 Å². The van der Waals surface area contributed by atoms with Gasteiger partial charge in [0.15, 0.2) is 0 Å². The summed E-state index contributed by atoms with van der Waals surface area (Å²) in [5, 5.41) is 0. The molecule has 0 amide bonds. The van der Waals surface area contributed by atoms with Crippen LogP contribution in [0.4, 0.5) is 11.4 Å². The van der Waals surface area contributed by atoms with Crippen molar-refractivity contribution in [2.75, 3.05) is 23.9 Å². The average molecular weight is 342 g/mol. The first-order valence-electron chi connectivity index (χ1n) is 5.82. The van der Waals surface area contributed by atoms with Crippen molar-refractivity contribution in [3.05, 3.63) is 62.4 Å². The maximum atomic E-state index is 3.40. The topological polar surface area (TPSA) is 13.0 Å². The summed E-state index contributed by atoms with van der Waals surface area (Å²) in [5.74, 6) is 0. The molecule has 0 N–H and O–H groups in total. The Bertz CT molecular complexity index is 459. The van der Waals surface area contributed by atoms with Gasteiger partial charge in [0.25, 0.3) is 0 Å². The van der Waals surface area contributed by atoms with Gasteiger partial charge in [-0.15, -0.1) is 29.6 Å². The summed E-state index contributed by atoms with van der Waals surface area (Å²) in [7, 11) is 4.01. The molecule has 0 saturated carbocycles. The Hall–Kier alpha value is -1.48. The van der Waals surface area contributed by atoms with Crippen LogP contribution in [0.15, 0.2) is 43.0 Å². The number of nitrogens with zero attached hydrogens (tertiary/aromatic N) is 4. The zero-order valence-electron chi connectivity index (χ0n) is 10.8. The molecule has 100 valence electrons. The number of rotatable bonds is 2. The van der Waals surface area contributed by atoms with Gasteiger partial charge in [0.05, 0.1) is 0 Å². The van der Waals surface area contributed by atoms with Crippen LogP contribution < -0.4 is 9.80 Å². The molecule has 0 atom stereocenters. The van der Waals surface area contributed by atoms with E-state index in [1.807, 2.05) is 90.0 Å². The van der Waals surface area contributed by atoms with Crippen LogP contribution in [0.1, 0.15) is 0 Å². The number of hydrogen-bond acceptors (Lipinski definition) is 4. The van der Waals surface area contributed by atoms with Crippen molar-refractivity contribution in [1.29, 1.82) is 0 Å². The standard InChI is InChI=1S/C14H15N4.Rh/c1-15-6-8-17(11-15)13-4-3-5-14(10-13)18-9-7-16(2)12-18;/h3-9,11-12H,1-2H3;/q-3;+3. The predicted octanol–water partition coefficient (Wildman–Crippen LogP) is 2.17. The second-order valence-corrected chi connectivity index (χ2v) is 4.39. The van der Waals surface area contributed by atoms with E-state index in [0.717, 1.165) is 11.4 Å². The second kappa shape index (κ2) is 5.66. The molecule has 2 heterocycles. The fraction of sp³-hybridized carbons (Fsp3) is 0.143. The van der Waals surface area contributed by atoms with Crippen LogP contribution in [0.2, 0.25) is 0 Å². The molecule has 0 radical (unpaired) electrons. The Labute approximate surface area is 127 Å². The number of benzene rings is 1. The summed E-state index contributed by atoms with van der Waals surface area (Å²) < 4.78 is 0. The second-order valence-electron chi connectivity index (χ2n) is 4.39. The Morgan fingerprint density at radius 1 is 0.842 bits per heavy atom. The summed E-state index contributed by atoms with van der Waals surface area (Å²) in [4.78, 5) is 8.12. The summed E-state index contributed by atoms with van der Waals surface area (Å²) in [6, 6.07) is 9.54. The van der Waals surface area contributed by atoms with Gasteiger partial charge in [0.1, 0.15) is 0 Å².